The molecule has 0 aliphatic heterocycles. The molecular formula is C13H15NO6S. The predicted octanol–water partition coefficient (Wildman–Crippen LogP) is 0.169. The molecule has 0 saturated carbocycles. The van der Waals surface area contributed by atoms with Gasteiger partial charge in [-0.1, -0.05) is 0 Å². The summed E-state index contributed by atoms with van der Waals surface area (Å²) in [5, 5.41) is 17.5. The SMILES string of the molecule is CC(O)CNS(=O)(=O)c1ccc(C(=O)/C=C/C(=O)O)cc1. The van der Waals surface area contributed by atoms with E-state index in [4.69, 9.17) is 10.2 Å². The standard InChI is InChI=1S/C13H15NO6S/c1-9(15)8-14-21(19,20)11-4-2-10(3-5-11)12(16)6-7-13(17)18/h2-7,9,14-15H,8H2,1H3,(H,17,18)/b7-6+. The van der Waals surface area contributed by atoms with Crippen LogP contribution in [0.1, 0.15) is 17.3 Å². The molecule has 1 rings (SSSR count). The van der Waals surface area contributed by atoms with Crippen LogP contribution >= 0.6 is 0 Å². The lowest BCUT2D eigenvalue weighted by Crippen LogP contribution is -2.30. The van der Waals surface area contributed by atoms with Crippen molar-refractivity contribution in [2.75, 3.05) is 6.54 Å². The number of carbonyl (C=O) groups is 2. The van der Waals surface area contributed by atoms with Gasteiger partial charge in [-0.25, -0.2) is 17.9 Å². The zero-order valence-electron chi connectivity index (χ0n) is 11.2. The van der Waals surface area contributed by atoms with Gasteiger partial charge in [-0.05, 0) is 37.3 Å². The van der Waals surface area contributed by atoms with Gasteiger partial charge in [0.05, 0.1) is 11.0 Å². The zero-order chi connectivity index (χ0) is 16.0. The van der Waals surface area contributed by atoms with Crippen molar-refractivity contribution in [2.24, 2.45) is 0 Å². The van der Waals surface area contributed by atoms with E-state index in [2.05, 4.69) is 4.72 Å². The molecule has 3 N–H and O–H groups in total. The second-order valence-electron chi connectivity index (χ2n) is 4.26. The number of sulfonamides is 1. The van der Waals surface area contributed by atoms with Crippen molar-refractivity contribution in [1.29, 1.82) is 0 Å². The third kappa shape index (κ3) is 5.46. The maximum atomic E-state index is 11.8. The van der Waals surface area contributed by atoms with Gasteiger partial charge in [0.15, 0.2) is 5.78 Å². The molecule has 0 spiro atoms. The normalized spacial score (nSPS) is 13.2. The molecule has 21 heavy (non-hydrogen) atoms. The van der Waals surface area contributed by atoms with Crippen molar-refractivity contribution in [3.05, 3.63) is 42.0 Å². The minimum absolute atomic E-state index is 0.0538. The molecule has 0 radical (unpaired) electrons. The van der Waals surface area contributed by atoms with E-state index in [1.165, 1.54) is 31.2 Å². The summed E-state index contributed by atoms with van der Waals surface area (Å²) in [6, 6.07) is 5.02. The Bertz CT molecular complexity index is 646. The molecule has 7 nitrogen and oxygen atoms in total. The first kappa shape index (κ1) is 17.0. The van der Waals surface area contributed by atoms with Crippen molar-refractivity contribution >= 4 is 21.8 Å². The zero-order valence-corrected chi connectivity index (χ0v) is 12.0. The van der Waals surface area contributed by atoms with Crippen LogP contribution in [0.5, 0.6) is 0 Å². The molecule has 0 aliphatic carbocycles. The number of ketones is 1. The van der Waals surface area contributed by atoms with E-state index in [1.807, 2.05) is 0 Å². The number of rotatable bonds is 7. The quantitative estimate of drug-likeness (QED) is 0.487. The smallest absolute Gasteiger partial charge is 0.328 e. The monoisotopic (exact) mass is 313 g/mol. The van der Waals surface area contributed by atoms with E-state index in [0.29, 0.717) is 6.08 Å². The Balaban J connectivity index is 2.87. The van der Waals surface area contributed by atoms with Crippen LogP contribution in [-0.2, 0) is 14.8 Å². The average molecular weight is 313 g/mol. The van der Waals surface area contributed by atoms with Crippen LogP contribution in [0.3, 0.4) is 0 Å². The summed E-state index contributed by atoms with van der Waals surface area (Å²) in [5.41, 5.74) is 0.168. The number of benzene rings is 1. The molecule has 0 aromatic heterocycles. The average Bonchev–Trinajstić information content (AvgIpc) is 2.43. The molecule has 0 amide bonds. The molecule has 0 bridgehead atoms. The fraction of sp³-hybridized carbons (Fsp3) is 0.231. The lowest BCUT2D eigenvalue weighted by molar-refractivity contribution is -0.131. The van der Waals surface area contributed by atoms with Crippen LogP contribution in [0.15, 0.2) is 41.3 Å². The molecule has 0 fully saturated rings. The summed E-state index contributed by atoms with van der Waals surface area (Å²) in [6.07, 6.45) is 0.774. The molecule has 0 aliphatic rings. The Hall–Kier alpha value is -2.03. The highest BCUT2D eigenvalue weighted by Crippen LogP contribution is 2.11. The highest BCUT2D eigenvalue weighted by Gasteiger charge is 2.15. The van der Waals surface area contributed by atoms with Crippen LogP contribution in [0.2, 0.25) is 0 Å². The summed E-state index contributed by atoms with van der Waals surface area (Å²) in [6.45, 7) is 1.32. The molecule has 0 saturated heterocycles. The van der Waals surface area contributed by atoms with Crippen LogP contribution in [0.25, 0.3) is 0 Å². The lowest BCUT2D eigenvalue weighted by Gasteiger charge is -2.08. The number of carbonyl (C=O) groups excluding carboxylic acids is 1. The number of hydrogen-bond acceptors (Lipinski definition) is 5. The van der Waals surface area contributed by atoms with Gasteiger partial charge in [-0.15, -0.1) is 0 Å². The fourth-order valence-electron chi connectivity index (χ4n) is 1.36. The van der Waals surface area contributed by atoms with E-state index >= 15 is 0 Å². The van der Waals surface area contributed by atoms with E-state index in [-0.39, 0.29) is 17.0 Å². The van der Waals surface area contributed by atoms with Gasteiger partial charge in [0.25, 0.3) is 0 Å². The van der Waals surface area contributed by atoms with Gasteiger partial charge in [-0.3, -0.25) is 4.79 Å². The fourth-order valence-corrected chi connectivity index (χ4v) is 2.48. The first-order valence-electron chi connectivity index (χ1n) is 5.95. The van der Waals surface area contributed by atoms with Gasteiger partial charge < -0.3 is 10.2 Å². The van der Waals surface area contributed by atoms with E-state index in [0.717, 1.165) is 6.08 Å². The lowest BCUT2D eigenvalue weighted by atomic mass is 10.1. The van der Waals surface area contributed by atoms with E-state index < -0.39 is 27.9 Å². The molecule has 1 atom stereocenters. The molecule has 114 valence electrons. The van der Waals surface area contributed by atoms with Gasteiger partial charge >= 0.3 is 5.97 Å². The minimum Gasteiger partial charge on any atom is -0.478 e. The number of aliphatic carboxylic acids is 1. The molecular weight excluding hydrogens is 298 g/mol. The number of aliphatic hydroxyl groups excluding tert-OH is 1. The Labute approximate surface area is 122 Å². The van der Waals surface area contributed by atoms with Crippen molar-refractivity contribution in [1.82, 2.24) is 4.72 Å². The predicted molar refractivity (Wildman–Crippen MR) is 74.4 cm³/mol. The highest BCUT2D eigenvalue weighted by atomic mass is 32.2. The number of carboxylic acid groups (broad SMARTS) is 1. The molecule has 0 heterocycles. The second-order valence-corrected chi connectivity index (χ2v) is 6.03. The number of carboxylic acids is 1. The van der Waals surface area contributed by atoms with Crippen LogP contribution in [-0.4, -0.2) is 43.0 Å². The Morgan fingerprint density at radius 2 is 1.81 bits per heavy atom. The number of nitrogens with one attached hydrogen (secondary N) is 1. The van der Waals surface area contributed by atoms with Gasteiger partial charge in [0.1, 0.15) is 0 Å². The Kier molecular flexibility index (Phi) is 5.77. The molecule has 1 aromatic carbocycles. The molecule has 1 aromatic rings. The molecule has 1 unspecified atom stereocenters. The first-order chi connectivity index (χ1) is 9.72. The van der Waals surface area contributed by atoms with Gasteiger partial charge in [-0.2, -0.15) is 0 Å². The van der Waals surface area contributed by atoms with Crippen LogP contribution < -0.4 is 4.72 Å². The highest BCUT2D eigenvalue weighted by molar-refractivity contribution is 7.89. The summed E-state index contributed by atoms with van der Waals surface area (Å²) < 4.78 is 25.9. The third-order valence-electron chi connectivity index (χ3n) is 2.40. The number of aliphatic hydroxyl groups is 1. The maximum absolute atomic E-state index is 11.8. The summed E-state index contributed by atoms with van der Waals surface area (Å²) in [4.78, 5) is 21.8. The minimum atomic E-state index is -3.76. The molecule has 8 heteroatoms. The van der Waals surface area contributed by atoms with Crippen molar-refractivity contribution in [3.8, 4) is 0 Å². The first-order valence-corrected chi connectivity index (χ1v) is 7.44. The van der Waals surface area contributed by atoms with Gasteiger partial charge in [0, 0.05) is 18.2 Å². The topological polar surface area (TPSA) is 121 Å². The summed E-state index contributed by atoms with van der Waals surface area (Å²) in [5.74, 6) is -1.79. The van der Waals surface area contributed by atoms with Gasteiger partial charge in [0.2, 0.25) is 10.0 Å². The number of allylic oxidation sites excluding steroid dienone is 1. The summed E-state index contributed by atoms with van der Waals surface area (Å²) in [7, 11) is -3.76. The maximum Gasteiger partial charge on any atom is 0.328 e. The number of hydrogen-bond donors (Lipinski definition) is 3. The van der Waals surface area contributed by atoms with Crippen LogP contribution in [0.4, 0.5) is 0 Å². The second kappa shape index (κ2) is 7.11. The largest absolute Gasteiger partial charge is 0.478 e. The van der Waals surface area contributed by atoms with E-state index in [1.54, 1.807) is 0 Å². The summed E-state index contributed by atoms with van der Waals surface area (Å²) >= 11 is 0. The van der Waals surface area contributed by atoms with Crippen molar-refractivity contribution < 1.29 is 28.2 Å². The van der Waals surface area contributed by atoms with Crippen LogP contribution in [0, 0.1) is 0 Å². The Morgan fingerprint density at radius 3 is 2.29 bits per heavy atom. The van der Waals surface area contributed by atoms with Crippen molar-refractivity contribution in [2.45, 2.75) is 17.9 Å². The Morgan fingerprint density at radius 1 is 1.24 bits per heavy atom. The van der Waals surface area contributed by atoms with E-state index in [9.17, 15) is 18.0 Å². The third-order valence-corrected chi connectivity index (χ3v) is 3.83. The van der Waals surface area contributed by atoms with Crippen molar-refractivity contribution in [3.63, 3.8) is 0 Å².